The smallest absolute Gasteiger partial charge is 0.325 e. The van der Waals surface area contributed by atoms with Crippen LogP contribution in [0.5, 0.6) is 0 Å². The molecule has 7 heteroatoms. The maximum absolute atomic E-state index is 13.2. The van der Waals surface area contributed by atoms with Crippen LogP contribution < -0.4 is 5.32 Å². The molecule has 3 aliphatic rings. The van der Waals surface area contributed by atoms with Gasteiger partial charge >= 0.3 is 6.03 Å². The van der Waals surface area contributed by atoms with Crippen molar-refractivity contribution in [3.63, 3.8) is 0 Å². The fourth-order valence-electron chi connectivity index (χ4n) is 5.35. The third-order valence-corrected chi connectivity index (χ3v) is 7.10. The average molecular weight is 390 g/mol. The summed E-state index contributed by atoms with van der Waals surface area (Å²) in [4.78, 5) is 42.8. The van der Waals surface area contributed by atoms with Gasteiger partial charge in [0.2, 0.25) is 5.91 Å². The normalized spacial score (nSPS) is 29.8. The Morgan fingerprint density at radius 2 is 2.11 bits per heavy atom. The van der Waals surface area contributed by atoms with E-state index in [9.17, 15) is 14.4 Å². The summed E-state index contributed by atoms with van der Waals surface area (Å²) >= 11 is 1.72. The molecule has 0 bridgehead atoms. The number of imide groups is 1. The van der Waals surface area contributed by atoms with Gasteiger partial charge in [0.05, 0.1) is 0 Å². The van der Waals surface area contributed by atoms with Crippen LogP contribution in [0.1, 0.15) is 50.5 Å². The quantitative estimate of drug-likeness (QED) is 0.791. The molecule has 146 valence electrons. The van der Waals surface area contributed by atoms with Crippen molar-refractivity contribution in [1.82, 2.24) is 15.1 Å². The molecule has 4 rings (SSSR count). The molecule has 4 amide bonds. The Kier molecular flexibility index (Phi) is 4.33. The highest BCUT2D eigenvalue weighted by atomic mass is 32.1. The number of hydrogen-bond donors (Lipinski definition) is 1. The maximum atomic E-state index is 13.2. The van der Waals surface area contributed by atoms with Gasteiger partial charge in [-0.3, -0.25) is 14.5 Å². The van der Waals surface area contributed by atoms with E-state index in [2.05, 4.69) is 26.1 Å². The SMILES string of the molecule is C[C@@H]1CC(C)(C)C[C@@]2(C1)NC(=O)N(CC(=O)N1CCc3sccc3C1)C2=O. The zero-order valence-electron chi connectivity index (χ0n) is 16.2. The highest BCUT2D eigenvalue weighted by molar-refractivity contribution is 7.10. The van der Waals surface area contributed by atoms with Crippen LogP contribution in [0.2, 0.25) is 0 Å². The van der Waals surface area contributed by atoms with Gasteiger partial charge in [-0.15, -0.1) is 11.3 Å². The molecule has 0 aromatic carbocycles. The van der Waals surface area contributed by atoms with Crippen LogP contribution in [-0.4, -0.2) is 46.3 Å². The molecule has 27 heavy (non-hydrogen) atoms. The zero-order valence-corrected chi connectivity index (χ0v) is 17.0. The van der Waals surface area contributed by atoms with Crippen molar-refractivity contribution in [1.29, 1.82) is 0 Å². The lowest BCUT2D eigenvalue weighted by atomic mass is 9.64. The summed E-state index contributed by atoms with van der Waals surface area (Å²) < 4.78 is 0. The molecule has 0 unspecified atom stereocenters. The van der Waals surface area contributed by atoms with Crippen molar-refractivity contribution in [2.75, 3.05) is 13.1 Å². The van der Waals surface area contributed by atoms with Crippen LogP contribution in [0.4, 0.5) is 4.79 Å². The number of carbonyl (C=O) groups is 3. The first-order valence-electron chi connectivity index (χ1n) is 9.66. The molecule has 1 saturated carbocycles. The number of thiophene rings is 1. The Hall–Kier alpha value is -1.89. The van der Waals surface area contributed by atoms with Gasteiger partial charge in [-0.1, -0.05) is 20.8 Å². The third kappa shape index (κ3) is 3.26. The van der Waals surface area contributed by atoms with Crippen LogP contribution in [0.15, 0.2) is 11.4 Å². The summed E-state index contributed by atoms with van der Waals surface area (Å²) in [5, 5.41) is 4.99. The van der Waals surface area contributed by atoms with Crippen molar-refractivity contribution in [2.45, 2.75) is 58.5 Å². The molecule has 2 atom stereocenters. The van der Waals surface area contributed by atoms with E-state index in [0.29, 0.717) is 31.8 Å². The molecule has 2 fully saturated rings. The Morgan fingerprint density at radius 3 is 2.85 bits per heavy atom. The van der Waals surface area contributed by atoms with E-state index in [0.717, 1.165) is 17.7 Å². The summed E-state index contributed by atoms with van der Waals surface area (Å²) in [5.74, 6) is -0.0306. The highest BCUT2D eigenvalue weighted by Crippen LogP contribution is 2.46. The number of urea groups is 1. The summed E-state index contributed by atoms with van der Waals surface area (Å²) in [6, 6.07) is 1.62. The van der Waals surface area contributed by atoms with Gasteiger partial charge in [-0.05, 0) is 54.0 Å². The fourth-order valence-corrected chi connectivity index (χ4v) is 6.24. The van der Waals surface area contributed by atoms with Crippen LogP contribution in [-0.2, 0) is 22.6 Å². The summed E-state index contributed by atoms with van der Waals surface area (Å²) in [7, 11) is 0. The first kappa shape index (κ1) is 18.5. The van der Waals surface area contributed by atoms with Crippen molar-refractivity contribution in [2.24, 2.45) is 11.3 Å². The Labute approximate surface area is 163 Å². The second kappa shape index (κ2) is 6.33. The summed E-state index contributed by atoms with van der Waals surface area (Å²) in [6.07, 6.45) is 3.15. The number of amides is 4. The molecule has 1 N–H and O–H groups in total. The molecule has 1 aliphatic carbocycles. The van der Waals surface area contributed by atoms with Gasteiger partial charge < -0.3 is 10.2 Å². The molecule has 1 saturated heterocycles. The molecule has 6 nitrogen and oxygen atoms in total. The Balaban J connectivity index is 1.48. The molecule has 1 aromatic rings. The van der Waals surface area contributed by atoms with E-state index in [1.165, 1.54) is 10.4 Å². The van der Waals surface area contributed by atoms with Crippen LogP contribution >= 0.6 is 11.3 Å². The molecule has 2 aliphatic heterocycles. The van der Waals surface area contributed by atoms with Crippen molar-refractivity contribution in [3.8, 4) is 0 Å². The van der Waals surface area contributed by atoms with Crippen molar-refractivity contribution in [3.05, 3.63) is 21.9 Å². The molecular formula is C20H27N3O3S. The highest BCUT2D eigenvalue weighted by Gasteiger charge is 2.56. The van der Waals surface area contributed by atoms with Gasteiger partial charge in [0.15, 0.2) is 0 Å². The lowest BCUT2D eigenvalue weighted by Gasteiger charge is -2.43. The standard InChI is InChI=1S/C20H27N3O3S/c1-13-8-19(2,3)12-20(9-13)17(25)23(18(26)21-20)11-16(24)22-6-4-15-14(10-22)5-7-27-15/h5,7,13H,4,6,8-12H2,1-3H3,(H,21,26)/t13-,20-/m1/s1. The van der Waals surface area contributed by atoms with Crippen LogP contribution in [0, 0.1) is 11.3 Å². The Bertz CT molecular complexity index is 802. The molecule has 0 radical (unpaired) electrons. The van der Waals surface area contributed by atoms with Gasteiger partial charge in [-0.2, -0.15) is 0 Å². The second-order valence-electron chi connectivity index (χ2n) is 9.19. The molecule has 1 spiro atoms. The zero-order chi connectivity index (χ0) is 19.4. The van der Waals surface area contributed by atoms with E-state index in [-0.39, 0.29) is 23.8 Å². The summed E-state index contributed by atoms with van der Waals surface area (Å²) in [5.41, 5.74) is 0.320. The Morgan fingerprint density at radius 1 is 1.33 bits per heavy atom. The predicted octanol–water partition coefficient (Wildman–Crippen LogP) is 2.77. The van der Waals surface area contributed by atoms with E-state index in [4.69, 9.17) is 0 Å². The first-order chi connectivity index (χ1) is 12.7. The molecular weight excluding hydrogens is 362 g/mol. The van der Waals surface area contributed by atoms with E-state index < -0.39 is 11.6 Å². The van der Waals surface area contributed by atoms with E-state index >= 15 is 0 Å². The number of nitrogens with zero attached hydrogens (tertiary/aromatic N) is 2. The minimum absolute atomic E-state index is 0.0111. The number of carbonyl (C=O) groups excluding carboxylic acids is 3. The molecule has 1 aromatic heterocycles. The van der Waals surface area contributed by atoms with Gasteiger partial charge in [0.25, 0.3) is 5.91 Å². The van der Waals surface area contributed by atoms with Crippen LogP contribution in [0.25, 0.3) is 0 Å². The van der Waals surface area contributed by atoms with E-state index in [1.54, 1.807) is 16.2 Å². The minimum atomic E-state index is -0.846. The van der Waals surface area contributed by atoms with Crippen molar-refractivity contribution < 1.29 is 14.4 Å². The largest absolute Gasteiger partial charge is 0.336 e. The first-order valence-corrected chi connectivity index (χ1v) is 10.5. The number of fused-ring (bicyclic) bond motifs is 1. The third-order valence-electron chi connectivity index (χ3n) is 6.08. The number of rotatable bonds is 2. The number of nitrogens with one attached hydrogen (secondary N) is 1. The lowest BCUT2D eigenvalue weighted by molar-refractivity contribution is -0.141. The lowest BCUT2D eigenvalue weighted by Crippen LogP contribution is -2.54. The van der Waals surface area contributed by atoms with E-state index in [1.807, 2.05) is 11.4 Å². The fraction of sp³-hybridized carbons (Fsp3) is 0.650. The van der Waals surface area contributed by atoms with Gasteiger partial charge in [0.1, 0.15) is 12.1 Å². The molecule has 3 heterocycles. The van der Waals surface area contributed by atoms with Crippen LogP contribution in [0.3, 0.4) is 0 Å². The van der Waals surface area contributed by atoms with Gasteiger partial charge in [0, 0.05) is 18.0 Å². The predicted molar refractivity (Wildman–Crippen MR) is 103 cm³/mol. The second-order valence-corrected chi connectivity index (χ2v) is 10.2. The maximum Gasteiger partial charge on any atom is 0.325 e. The number of hydrogen-bond acceptors (Lipinski definition) is 4. The van der Waals surface area contributed by atoms with Gasteiger partial charge in [-0.25, -0.2) is 4.79 Å². The average Bonchev–Trinajstić information content (AvgIpc) is 3.11. The monoisotopic (exact) mass is 389 g/mol. The minimum Gasteiger partial charge on any atom is -0.336 e. The van der Waals surface area contributed by atoms with Crippen molar-refractivity contribution >= 4 is 29.2 Å². The summed E-state index contributed by atoms with van der Waals surface area (Å²) in [6.45, 7) is 7.46. The topological polar surface area (TPSA) is 69.7 Å².